The van der Waals surface area contributed by atoms with Crippen molar-refractivity contribution in [1.82, 2.24) is 10.3 Å². The third-order valence-corrected chi connectivity index (χ3v) is 3.34. The fraction of sp³-hybridized carbons (Fsp3) is 0.545. The van der Waals surface area contributed by atoms with Crippen LogP contribution in [0.2, 0.25) is 0 Å². The van der Waals surface area contributed by atoms with E-state index in [1.165, 1.54) is 12.8 Å². The Morgan fingerprint density at radius 3 is 2.80 bits per heavy atom. The Labute approximate surface area is 108 Å². The quantitative estimate of drug-likeness (QED) is 0.883. The summed E-state index contributed by atoms with van der Waals surface area (Å²) < 4.78 is 2.05. The van der Waals surface area contributed by atoms with Crippen molar-refractivity contribution in [2.75, 3.05) is 0 Å². The highest BCUT2D eigenvalue weighted by atomic mass is 79.9. The summed E-state index contributed by atoms with van der Waals surface area (Å²) in [6, 6.07) is 2.57. The van der Waals surface area contributed by atoms with Gasteiger partial charge in [0.15, 0.2) is 0 Å². The van der Waals surface area contributed by atoms with Crippen LogP contribution >= 0.6 is 31.9 Å². The molecule has 0 aliphatic carbocycles. The number of aromatic nitrogens is 1. The van der Waals surface area contributed by atoms with Crippen molar-refractivity contribution >= 4 is 31.9 Å². The SMILES string of the molecule is CCCC(C)NCc1ncc(Br)cc1Br. The van der Waals surface area contributed by atoms with Gasteiger partial charge in [0.05, 0.1) is 5.69 Å². The lowest BCUT2D eigenvalue weighted by Gasteiger charge is -2.12. The standard InChI is InChI=1S/C11H16Br2N2/c1-3-4-8(2)14-7-11-10(13)5-9(12)6-15-11/h5-6,8,14H,3-4,7H2,1-2H3. The molecule has 0 aromatic carbocycles. The zero-order valence-corrected chi connectivity index (χ0v) is 12.2. The van der Waals surface area contributed by atoms with Gasteiger partial charge in [-0.15, -0.1) is 0 Å². The summed E-state index contributed by atoms with van der Waals surface area (Å²) in [5.41, 5.74) is 1.06. The first-order chi connectivity index (χ1) is 7.13. The zero-order valence-electron chi connectivity index (χ0n) is 9.06. The number of nitrogens with one attached hydrogen (secondary N) is 1. The molecule has 0 saturated heterocycles. The second kappa shape index (κ2) is 6.61. The molecular weight excluding hydrogens is 320 g/mol. The third kappa shape index (κ3) is 4.62. The molecule has 0 bridgehead atoms. The first-order valence-corrected chi connectivity index (χ1v) is 6.75. The van der Waals surface area contributed by atoms with Crippen molar-refractivity contribution in [3.8, 4) is 0 Å². The lowest BCUT2D eigenvalue weighted by molar-refractivity contribution is 0.503. The Kier molecular flexibility index (Phi) is 5.79. The minimum Gasteiger partial charge on any atom is -0.309 e. The number of pyridine rings is 1. The molecule has 1 heterocycles. The van der Waals surface area contributed by atoms with E-state index in [-0.39, 0.29) is 0 Å². The average molecular weight is 336 g/mol. The van der Waals surface area contributed by atoms with Crippen molar-refractivity contribution in [3.05, 3.63) is 26.9 Å². The topological polar surface area (TPSA) is 24.9 Å². The maximum Gasteiger partial charge on any atom is 0.0684 e. The molecule has 84 valence electrons. The van der Waals surface area contributed by atoms with Gasteiger partial charge in [-0.2, -0.15) is 0 Å². The summed E-state index contributed by atoms with van der Waals surface area (Å²) in [6.45, 7) is 5.22. The van der Waals surface area contributed by atoms with Crippen molar-refractivity contribution in [2.45, 2.75) is 39.3 Å². The fourth-order valence-electron chi connectivity index (χ4n) is 1.38. The van der Waals surface area contributed by atoms with Gasteiger partial charge in [0.1, 0.15) is 0 Å². The number of halogens is 2. The molecule has 0 amide bonds. The van der Waals surface area contributed by atoms with Crippen molar-refractivity contribution in [2.24, 2.45) is 0 Å². The van der Waals surface area contributed by atoms with Crippen molar-refractivity contribution in [3.63, 3.8) is 0 Å². The Bertz CT molecular complexity index is 315. The summed E-state index contributed by atoms with van der Waals surface area (Å²) in [6.07, 6.45) is 4.24. The monoisotopic (exact) mass is 334 g/mol. The van der Waals surface area contributed by atoms with Gasteiger partial charge < -0.3 is 5.32 Å². The van der Waals surface area contributed by atoms with E-state index in [0.29, 0.717) is 6.04 Å². The van der Waals surface area contributed by atoms with Gasteiger partial charge in [-0.05, 0) is 51.3 Å². The summed E-state index contributed by atoms with van der Waals surface area (Å²) in [5, 5.41) is 3.45. The van der Waals surface area contributed by atoms with Crippen molar-refractivity contribution < 1.29 is 0 Å². The van der Waals surface area contributed by atoms with Crippen LogP contribution in [-0.4, -0.2) is 11.0 Å². The Morgan fingerprint density at radius 2 is 2.20 bits per heavy atom. The van der Waals surface area contributed by atoms with Gasteiger partial charge in [-0.1, -0.05) is 13.3 Å². The molecule has 1 rings (SSSR count). The molecule has 1 aromatic heterocycles. The molecule has 1 N–H and O–H groups in total. The van der Waals surface area contributed by atoms with E-state index in [1.54, 1.807) is 0 Å². The maximum absolute atomic E-state index is 4.35. The Balaban J connectivity index is 2.50. The smallest absolute Gasteiger partial charge is 0.0684 e. The molecular formula is C11H16Br2N2. The minimum absolute atomic E-state index is 0.548. The largest absolute Gasteiger partial charge is 0.309 e. The fourth-order valence-corrected chi connectivity index (χ4v) is 2.51. The lowest BCUT2D eigenvalue weighted by atomic mass is 10.2. The van der Waals surface area contributed by atoms with E-state index >= 15 is 0 Å². The van der Waals surface area contributed by atoms with Crippen LogP contribution < -0.4 is 5.32 Å². The van der Waals surface area contributed by atoms with Crippen LogP contribution in [0.4, 0.5) is 0 Å². The van der Waals surface area contributed by atoms with E-state index in [0.717, 1.165) is 21.2 Å². The molecule has 1 unspecified atom stereocenters. The normalized spacial score (nSPS) is 12.8. The molecule has 2 nitrogen and oxygen atoms in total. The predicted molar refractivity (Wildman–Crippen MR) is 70.8 cm³/mol. The van der Waals surface area contributed by atoms with Gasteiger partial charge in [0, 0.05) is 27.7 Å². The van der Waals surface area contributed by atoms with Gasteiger partial charge in [0.25, 0.3) is 0 Å². The number of nitrogens with zero attached hydrogens (tertiary/aromatic N) is 1. The Morgan fingerprint density at radius 1 is 1.47 bits per heavy atom. The van der Waals surface area contributed by atoms with E-state index in [4.69, 9.17) is 0 Å². The number of hydrogen-bond acceptors (Lipinski definition) is 2. The summed E-state index contributed by atoms with van der Waals surface area (Å²) >= 11 is 6.89. The van der Waals surface area contributed by atoms with Gasteiger partial charge in [-0.25, -0.2) is 0 Å². The molecule has 1 aromatic rings. The number of rotatable bonds is 5. The summed E-state index contributed by atoms with van der Waals surface area (Å²) in [7, 11) is 0. The molecule has 0 aliphatic heterocycles. The van der Waals surface area contributed by atoms with Crippen LogP contribution in [0.5, 0.6) is 0 Å². The average Bonchev–Trinajstić information content (AvgIpc) is 2.17. The number of hydrogen-bond donors (Lipinski definition) is 1. The van der Waals surface area contributed by atoms with Crippen molar-refractivity contribution in [1.29, 1.82) is 0 Å². The van der Waals surface area contributed by atoms with Gasteiger partial charge >= 0.3 is 0 Å². The zero-order chi connectivity index (χ0) is 11.3. The first-order valence-electron chi connectivity index (χ1n) is 5.16. The minimum atomic E-state index is 0.548. The molecule has 4 heteroatoms. The summed E-state index contributed by atoms with van der Waals surface area (Å²) in [5.74, 6) is 0. The second-order valence-electron chi connectivity index (χ2n) is 3.65. The maximum atomic E-state index is 4.35. The summed E-state index contributed by atoms with van der Waals surface area (Å²) in [4.78, 5) is 4.35. The molecule has 0 fully saturated rings. The third-order valence-electron chi connectivity index (χ3n) is 2.22. The predicted octanol–water partition coefficient (Wildman–Crippen LogP) is 3.88. The van der Waals surface area contributed by atoms with Crippen LogP contribution in [0.3, 0.4) is 0 Å². The molecule has 1 atom stereocenters. The van der Waals surface area contributed by atoms with Crippen LogP contribution in [0.15, 0.2) is 21.2 Å². The molecule has 0 aliphatic rings. The van der Waals surface area contributed by atoms with Gasteiger partial charge in [0.2, 0.25) is 0 Å². The van der Waals surface area contributed by atoms with Crippen LogP contribution in [-0.2, 0) is 6.54 Å². The first kappa shape index (κ1) is 13.1. The molecule has 0 saturated carbocycles. The molecule has 0 spiro atoms. The van der Waals surface area contributed by atoms with Crippen LogP contribution in [0, 0.1) is 0 Å². The highest BCUT2D eigenvalue weighted by Crippen LogP contribution is 2.19. The van der Waals surface area contributed by atoms with E-state index in [1.807, 2.05) is 12.3 Å². The van der Waals surface area contributed by atoms with E-state index in [2.05, 4.69) is 56.0 Å². The van der Waals surface area contributed by atoms with Crippen LogP contribution in [0.25, 0.3) is 0 Å². The van der Waals surface area contributed by atoms with Crippen LogP contribution in [0.1, 0.15) is 32.4 Å². The van der Waals surface area contributed by atoms with Gasteiger partial charge in [-0.3, -0.25) is 4.98 Å². The molecule has 15 heavy (non-hydrogen) atoms. The second-order valence-corrected chi connectivity index (χ2v) is 5.42. The van der Waals surface area contributed by atoms with E-state index in [9.17, 15) is 0 Å². The Hall–Kier alpha value is 0.0700. The highest BCUT2D eigenvalue weighted by Gasteiger charge is 2.04. The highest BCUT2D eigenvalue weighted by molar-refractivity contribution is 9.11. The van der Waals surface area contributed by atoms with E-state index < -0.39 is 0 Å². The lowest BCUT2D eigenvalue weighted by Crippen LogP contribution is -2.25. The molecule has 0 radical (unpaired) electrons.